The molecule has 0 heterocycles. The topological polar surface area (TPSA) is 83.5 Å². The van der Waals surface area contributed by atoms with Crippen LogP contribution in [0.3, 0.4) is 0 Å². The molecule has 0 aliphatic heterocycles. The van der Waals surface area contributed by atoms with Crippen molar-refractivity contribution in [1.82, 2.24) is 4.72 Å². The van der Waals surface area contributed by atoms with Crippen LogP contribution in [0.15, 0.2) is 58.7 Å². The number of carboxylic acid groups (broad SMARTS) is 1. The van der Waals surface area contributed by atoms with Crippen LogP contribution in [0.5, 0.6) is 0 Å². The summed E-state index contributed by atoms with van der Waals surface area (Å²) in [6, 6.07) is 0. The van der Waals surface area contributed by atoms with Gasteiger partial charge in [-0.15, -0.1) is 0 Å². The summed E-state index contributed by atoms with van der Waals surface area (Å²) in [6.07, 6.45) is 12.6. The number of hydrogen-bond donors (Lipinski definition) is 2. The van der Waals surface area contributed by atoms with Crippen molar-refractivity contribution in [2.45, 2.75) is 51.7 Å². The molecule has 6 heteroatoms. The molecule has 0 aromatic carbocycles. The number of carboxylic acids is 1. The lowest BCUT2D eigenvalue weighted by Gasteiger charge is -2.35. The van der Waals surface area contributed by atoms with Gasteiger partial charge in [-0.05, 0) is 65.2 Å². The van der Waals surface area contributed by atoms with Gasteiger partial charge in [-0.2, -0.15) is 0 Å². The molecule has 0 bridgehead atoms. The zero-order chi connectivity index (χ0) is 20.0. The molecule has 2 N–H and O–H groups in total. The summed E-state index contributed by atoms with van der Waals surface area (Å²) in [7, 11) is -1.99. The maximum Gasteiger partial charge on any atom is 0.328 e. The van der Waals surface area contributed by atoms with Gasteiger partial charge in [-0.3, -0.25) is 0 Å². The minimum atomic E-state index is -3.45. The van der Waals surface area contributed by atoms with Gasteiger partial charge in [0.05, 0.1) is 0 Å². The second kappa shape index (κ2) is 9.14. The van der Waals surface area contributed by atoms with Crippen LogP contribution in [0.4, 0.5) is 0 Å². The Morgan fingerprint density at radius 2 is 1.88 bits per heavy atom. The van der Waals surface area contributed by atoms with Crippen LogP contribution in [0.25, 0.3) is 0 Å². The smallest absolute Gasteiger partial charge is 0.328 e. The van der Waals surface area contributed by atoms with Crippen molar-refractivity contribution in [2.24, 2.45) is 0 Å². The summed E-state index contributed by atoms with van der Waals surface area (Å²) in [5.41, 5.74) is 3.53. The number of carbonyl (C=O) groups is 1. The largest absolute Gasteiger partial charge is 0.478 e. The zero-order valence-corrected chi connectivity index (χ0v) is 17.0. The van der Waals surface area contributed by atoms with E-state index in [0.29, 0.717) is 12.0 Å². The maximum absolute atomic E-state index is 12.6. The quantitative estimate of drug-likeness (QED) is 0.519. The molecule has 0 amide bonds. The van der Waals surface area contributed by atoms with E-state index in [9.17, 15) is 13.2 Å². The minimum Gasteiger partial charge on any atom is -0.478 e. The van der Waals surface area contributed by atoms with Crippen molar-refractivity contribution < 1.29 is 18.3 Å². The normalized spacial score (nSPS) is 23.3. The summed E-state index contributed by atoms with van der Waals surface area (Å²) >= 11 is 0. The molecule has 0 fully saturated rings. The first-order valence-electron chi connectivity index (χ1n) is 8.61. The molecule has 5 nitrogen and oxygen atoms in total. The van der Waals surface area contributed by atoms with Crippen LogP contribution in [0.1, 0.15) is 47.0 Å². The van der Waals surface area contributed by atoms with Gasteiger partial charge in [-0.25, -0.2) is 17.9 Å². The third-order valence-corrected chi connectivity index (χ3v) is 6.83. The Balaban J connectivity index is 3.08. The second-order valence-corrected chi connectivity index (χ2v) is 9.13. The van der Waals surface area contributed by atoms with Crippen LogP contribution < -0.4 is 4.72 Å². The molecule has 0 saturated carbocycles. The summed E-state index contributed by atoms with van der Waals surface area (Å²) in [5.74, 6) is -0.975. The van der Waals surface area contributed by atoms with Crippen LogP contribution in [-0.4, -0.2) is 31.3 Å². The fourth-order valence-electron chi connectivity index (χ4n) is 3.10. The van der Waals surface area contributed by atoms with E-state index in [1.807, 2.05) is 32.1 Å². The van der Waals surface area contributed by atoms with Gasteiger partial charge in [0.1, 0.15) is 4.75 Å². The van der Waals surface area contributed by atoms with Crippen LogP contribution in [0, 0.1) is 0 Å². The number of sulfonamides is 1. The monoisotopic (exact) mass is 379 g/mol. The van der Waals surface area contributed by atoms with Crippen molar-refractivity contribution in [1.29, 1.82) is 0 Å². The number of hydrogen-bond acceptors (Lipinski definition) is 3. The van der Waals surface area contributed by atoms with E-state index in [4.69, 9.17) is 5.11 Å². The standard InChI is InChI=1S/C20H29NO4S/c1-15(8-6-9-16(2)14-19(22)23)11-12-18-17(3)10-7-13-20(18,4)26(24,25)21-5/h6,8-9,11-12,14,21H,7,10,13H2,1-5H3,(H,22,23)/b9-6+,12-11+,15-8+,16-14+/t20-/m0/s1. The molecule has 0 spiro atoms. The molecule has 1 atom stereocenters. The highest BCUT2D eigenvalue weighted by Gasteiger charge is 2.43. The lowest BCUT2D eigenvalue weighted by atomic mass is 9.83. The molecule has 144 valence electrons. The van der Waals surface area contributed by atoms with Gasteiger partial charge in [0, 0.05) is 6.08 Å². The molecule has 0 saturated heterocycles. The molecule has 0 aromatic rings. The van der Waals surface area contributed by atoms with Crippen molar-refractivity contribution in [3.63, 3.8) is 0 Å². The third kappa shape index (κ3) is 5.54. The summed E-state index contributed by atoms with van der Waals surface area (Å²) < 4.78 is 26.6. The molecular weight excluding hydrogens is 350 g/mol. The molecule has 0 radical (unpaired) electrons. The number of aliphatic carboxylic acids is 1. The predicted molar refractivity (Wildman–Crippen MR) is 106 cm³/mol. The first kappa shape index (κ1) is 22.1. The molecular formula is C20H29NO4S. The van der Waals surface area contributed by atoms with E-state index in [0.717, 1.165) is 35.6 Å². The third-order valence-electron chi connectivity index (χ3n) is 4.68. The van der Waals surface area contributed by atoms with E-state index in [2.05, 4.69) is 4.72 Å². The van der Waals surface area contributed by atoms with Gasteiger partial charge in [0.2, 0.25) is 10.0 Å². The molecule has 0 aromatic heterocycles. The fraction of sp³-hybridized carbons (Fsp3) is 0.450. The van der Waals surface area contributed by atoms with Gasteiger partial charge in [0.25, 0.3) is 0 Å². The Labute approximate surface area is 156 Å². The second-order valence-electron chi connectivity index (χ2n) is 6.82. The first-order chi connectivity index (χ1) is 12.0. The maximum atomic E-state index is 12.6. The highest BCUT2D eigenvalue weighted by Crippen LogP contribution is 2.39. The van der Waals surface area contributed by atoms with Gasteiger partial charge >= 0.3 is 5.97 Å². The predicted octanol–water partition coefficient (Wildman–Crippen LogP) is 3.88. The number of nitrogens with one attached hydrogen (secondary N) is 1. The van der Waals surface area contributed by atoms with Crippen LogP contribution in [0.2, 0.25) is 0 Å². The molecule has 1 aliphatic carbocycles. The fourth-order valence-corrected chi connectivity index (χ4v) is 4.49. The van der Waals surface area contributed by atoms with Crippen molar-refractivity contribution in [3.8, 4) is 0 Å². The Kier molecular flexibility index (Phi) is 7.78. The highest BCUT2D eigenvalue weighted by atomic mass is 32.2. The number of rotatable bonds is 7. The Hall–Kier alpha value is -1.92. The lowest BCUT2D eigenvalue weighted by molar-refractivity contribution is -0.131. The molecule has 1 aliphatic rings. The van der Waals surface area contributed by atoms with Gasteiger partial charge < -0.3 is 5.11 Å². The molecule has 0 unspecified atom stereocenters. The average molecular weight is 380 g/mol. The van der Waals surface area contributed by atoms with E-state index in [-0.39, 0.29) is 0 Å². The van der Waals surface area contributed by atoms with E-state index in [1.54, 1.807) is 26.0 Å². The summed E-state index contributed by atoms with van der Waals surface area (Å²) in [5, 5.41) is 8.68. The van der Waals surface area contributed by atoms with E-state index in [1.165, 1.54) is 7.05 Å². The number of allylic oxidation sites excluding steroid dienone is 8. The van der Waals surface area contributed by atoms with E-state index >= 15 is 0 Å². The van der Waals surface area contributed by atoms with Crippen LogP contribution in [-0.2, 0) is 14.8 Å². The van der Waals surface area contributed by atoms with Crippen molar-refractivity contribution in [3.05, 3.63) is 58.7 Å². The molecule has 1 rings (SSSR count). The van der Waals surface area contributed by atoms with E-state index < -0.39 is 20.7 Å². The summed E-state index contributed by atoms with van der Waals surface area (Å²) in [4.78, 5) is 10.6. The van der Waals surface area contributed by atoms with Gasteiger partial charge in [0.15, 0.2) is 0 Å². The van der Waals surface area contributed by atoms with Crippen molar-refractivity contribution in [2.75, 3.05) is 7.05 Å². The minimum absolute atomic E-state index is 0.592. The highest BCUT2D eigenvalue weighted by molar-refractivity contribution is 7.91. The summed E-state index contributed by atoms with van der Waals surface area (Å²) in [6.45, 7) is 7.40. The lowest BCUT2D eigenvalue weighted by Crippen LogP contribution is -2.45. The van der Waals surface area contributed by atoms with Gasteiger partial charge in [-0.1, -0.05) is 41.5 Å². The average Bonchev–Trinajstić information content (AvgIpc) is 2.53. The Bertz CT molecular complexity index is 798. The molecule has 26 heavy (non-hydrogen) atoms. The Morgan fingerprint density at radius 3 is 2.46 bits per heavy atom. The SMILES string of the molecule is CNS(=O)(=O)[C@@]1(C)CCCC(C)=C1/C=C/C(C)=C/C=C/C(C)=C/C(=O)O. The first-order valence-corrected chi connectivity index (χ1v) is 10.1. The zero-order valence-electron chi connectivity index (χ0n) is 16.2. The van der Waals surface area contributed by atoms with Crippen molar-refractivity contribution >= 4 is 16.0 Å². The van der Waals surface area contributed by atoms with Crippen LogP contribution >= 0.6 is 0 Å². The Morgan fingerprint density at radius 1 is 1.23 bits per heavy atom.